The standard InChI is InChI=1S/C20H21ClFN3O/c1-24(2)18(14-12-25(3)17-10-5-4-7-13(14)17)11-23-20(26)19-15(21)8-6-9-16(19)22/h4-10,12,18H,11H2,1-3H3,(H,23,26)/t18-/m1/s1. The number of aromatic nitrogens is 1. The number of benzene rings is 2. The van der Waals surface area contributed by atoms with Gasteiger partial charge < -0.3 is 14.8 Å². The van der Waals surface area contributed by atoms with Crippen molar-refractivity contribution in [2.24, 2.45) is 7.05 Å². The maximum atomic E-state index is 14.0. The molecule has 2 aromatic carbocycles. The molecular weight excluding hydrogens is 353 g/mol. The molecule has 1 atom stereocenters. The summed E-state index contributed by atoms with van der Waals surface area (Å²) in [5, 5.41) is 4.06. The Kier molecular flexibility index (Phi) is 5.30. The van der Waals surface area contributed by atoms with E-state index in [-0.39, 0.29) is 16.6 Å². The first-order chi connectivity index (χ1) is 12.4. The fourth-order valence-corrected chi connectivity index (χ4v) is 3.45. The van der Waals surface area contributed by atoms with Gasteiger partial charge in [0.25, 0.3) is 5.91 Å². The average molecular weight is 374 g/mol. The van der Waals surface area contributed by atoms with Crippen molar-refractivity contribution < 1.29 is 9.18 Å². The van der Waals surface area contributed by atoms with E-state index in [1.165, 1.54) is 18.2 Å². The summed E-state index contributed by atoms with van der Waals surface area (Å²) in [5.41, 5.74) is 2.11. The molecule has 1 amide bonds. The molecule has 1 aromatic heterocycles. The molecule has 0 saturated carbocycles. The van der Waals surface area contributed by atoms with Crippen LogP contribution in [0.4, 0.5) is 4.39 Å². The van der Waals surface area contributed by atoms with Gasteiger partial charge in [-0.25, -0.2) is 4.39 Å². The van der Waals surface area contributed by atoms with Gasteiger partial charge in [0.2, 0.25) is 0 Å². The highest BCUT2D eigenvalue weighted by atomic mass is 35.5. The zero-order valence-electron chi connectivity index (χ0n) is 15.0. The Morgan fingerprint density at radius 2 is 1.96 bits per heavy atom. The number of carbonyl (C=O) groups is 1. The molecule has 0 aliphatic carbocycles. The van der Waals surface area contributed by atoms with Gasteiger partial charge in [0, 0.05) is 30.7 Å². The predicted molar refractivity (Wildman–Crippen MR) is 103 cm³/mol. The summed E-state index contributed by atoms with van der Waals surface area (Å²) >= 11 is 5.99. The van der Waals surface area contributed by atoms with E-state index in [1.807, 2.05) is 38.2 Å². The van der Waals surface area contributed by atoms with Gasteiger partial charge in [-0.3, -0.25) is 4.79 Å². The van der Waals surface area contributed by atoms with Crippen molar-refractivity contribution in [3.05, 3.63) is 70.6 Å². The second kappa shape index (κ2) is 7.48. The number of aryl methyl sites for hydroxylation is 1. The first-order valence-electron chi connectivity index (χ1n) is 8.32. The molecule has 0 fully saturated rings. The largest absolute Gasteiger partial charge is 0.350 e. The second-order valence-corrected chi connectivity index (χ2v) is 6.91. The van der Waals surface area contributed by atoms with Gasteiger partial charge in [-0.1, -0.05) is 35.9 Å². The van der Waals surface area contributed by atoms with Crippen LogP contribution < -0.4 is 5.32 Å². The van der Waals surface area contributed by atoms with Gasteiger partial charge in [0.05, 0.1) is 16.6 Å². The Hall–Kier alpha value is -2.37. The molecule has 1 heterocycles. The molecule has 0 spiro atoms. The lowest BCUT2D eigenvalue weighted by atomic mass is 10.0. The van der Waals surface area contributed by atoms with Crippen LogP contribution in [0.25, 0.3) is 10.9 Å². The Labute approximate surface area is 157 Å². The molecule has 26 heavy (non-hydrogen) atoms. The Balaban J connectivity index is 1.87. The molecule has 6 heteroatoms. The van der Waals surface area contributed by atoms with Crippen molar-refractivity contribution >= 4 is 28.4 Å². The predicted octanol–water partition coefficient (Wildman–Crippen LogP) is 4.00. The minimum absolute atomic E-state index is 0.0596. The number of amides is 1. The maximum Gasteiger partial charge on any atom is 0.255 e. The molecule has 4 nitrogen and oxygen atoms in total. The fourth-order valence-electron chi connectivity index (χ4n) is 3.20. The van der Waals surface area contributed by atoms with E-state index in [2.05, 4.69) is 28.2 Å². The van der Waals surface area contributed by atoms with Crippen molar-refractivity contribution in [1.29, 1.82) is 0 Å². The van der Waals surface area contributed by atoms with Crippen molar-refractivity contribution in [3.63, 3.8) is 0 Å². The molecule has 0 aliphatic rings. The smallest absolute Gasteiger partial charge is 0.255 e. The van der Waals surface area contributed by atoms with Gasteiger partial charge >= 0.3 is 0 Å². The third-order valence-corrected chi connectivity index (χ3v) is 4.87. The number of hydrogen-bond acceptors (Lipinski definition) is 2. The monoisotopic (exact) mass is 373 g/mol. The summed E-state index contributed by atoms with van der Waals surface area (Å²) in [7, 11) is 5.90. The Bertz CT molecular complexity index is 931. The van der Waals surface area contributed by atoms with E-state index in [4.69, 9.17) is 11.6 Å². The van der Waals surface area contributed by atoms with Crippen LogP contribution in [0.3, 0.4) is 0 Å². The van der Waals surface area contributed by atoms with Crippen LogP contribution in [0.5, 0.6) is 0 Å². The van der Waals surface area contributed by atoms with Crippen LogP contribution in [-0.4, -0.2) is 36.0 Å². The number of nitrogens with one attached hydrogen (secondary N) is 1. The average Bonchev–Trinajstić information content (AvgIpc) is 2.92. The number of carbonyl (C=O) groups excluding carboxylic acids is 1. The number of nitrogens with zero attached hydrogens (tertiary/aromatic N) is 2. The van der Waals surface area contributed by atoms with Crippen molar-refractivity contribution in [2.75, 3.05) is 20.6 Å². The SMILES string of the molecule is CN(C)[C@H](CNC(=O)c1c(F)cccc1Cl)c1cn(C)c2ccccc12. The number of hydrogen-bond donors (Lipinski definition) is 1. The summed E-state index contributed by atoms with van der Waals surface area (Å²) in [5.74, 6) is -1.14. The highest BCUT2D eigenvalue weighted by Crippen LogP contribution is 2.28. The molecule has 3 rings (SSSR count). The van der Waals surface area contributed by atoms with Gasteiger partial charge in [0.15, 0.2) is 0 Å². The molecular formula is C20H21ClFN3O. The van der Waals surface area contributed by atoms with E-state index in [0.717, 1.165) is 16.5 Å². The molecule has 136 valence electrons. The summed E-state index contributed by atoms with van der Waals surface area (Å²) in [6.07, 6.45) is 2.07. The van der Waals surface area contributed by atoms with E-state index < -0.39 is 11.7 Å². The molecule has 0 radical (unpaired) electrons. The van der Waals surface area contributed by atoms with Crippen LogP contribution in [0.1, 0.15) is 22.0 Å². The summed E-state index contributed by atoms with van der Waals surface area (Å²) in [6.45, 7) is 0.338. The third kappa shape index (κ3) is 3.45. The van der Waals surface area contributed by atoms with E-state index >= 15 is 0 Å². The zero-order chi connectivity index (χ0) is 18.8. The molecule has 0 saturated heterocycles. The molecule has 3 aromatic rings. The van der Waals surface area contributed by atoms with E-state index in [0.29, 0.717) is 6.54 Å². The lowest BCUT2D eigenvalue weighted by Gasteiger charge is -2.24. The van der Waals surface area contributed by atoms with Crippen molar-refractivity contribution in [2.45, 2.75) is 6.04 Å². The maximum absolute atomic E-state index is 14.0. The van der Waals surface area contributed by atoms with Gasteiger partial charge in [-0.15, -0.1) is 0 Å². The molecule has 0 unspecified atom stereocenters. The van der Waals surface area contributed by atoms with E-state index in [1.54, 1.807) is 0 Å². The summed E-state index contributed by atoms with van der Waals surface area (Å²) < 4.78 is 16.0. The van der Waals surface area contributed by atoms with Crippen LogP contribution in [0, 0.1) is 5.82 Å². The van der Waals surface area contributed by atoms with Crippen LogP contribution in [-0.2, 0) is 7.05 Å². The number of halogens is 2. The van der Waals surface area contributed by atoms with Crippen LogP contribution >= 0.6 is 11.6 Å². The Morgan fingerprint density at radius 3 is 2.65 bits per heavy atom. The van der Waals surface area contributed by atoms with Crippen molar-refractivity contribution in [1.82, 2.24) is 14.8 Å². The topological polar surface area (TPSA) is 37.3 Å². The van der Waals surface area contributed by atoms with Crippen LogP contribution in [0.2, 0.25) is 5.02 Å². The first-order valence-corrected chi connectivity index (χ1v) is 8.70. The number of fused-ring (bicyclic) bond motifs is 1. The zero-order valence-corrected chi connectivity index (χ0v) is 15.7. The second-order valence-electron chi connectivity index (χ2n) is 6.50. The number of para-hydroxylation sites is 1. The quantitative estimate of drug-likeness (QED) is 0.733. The van der Waals surface area contributed by atoms with Gasteiger partial charge in [-0.05, 0) is 37.9 Å². The first kappa shape index (κ1) is 18.4. The van der Waals surface area contributed by atoms with E-state index in [9.17, 15) is 9.18 Å². The van der Waals surface area contributed by atoms with Gasteiger partial charge in [-0.2, -0.15) is 0 Å². The highest BCUT2D eigenvalue weighted by Gasteiger charge is 2.22. The fraction of sp³-hybridized carbons (Fsp3) is 0.250. The third-order valence-electron chi connectivity index (χ3n) is 4.56. The minimum Gasteiger partial charge on any atom is -0.350 e. The Morgan fingerprint density at radius 1 is 1.23 bits per heavy atom. The normalized spacial score (nSPS) is 12.5. The lowest BCUT2D eigenvalue weighted by molar-refractivity contribution is 0.0938. The molecule has 1 N–H and O–H groups in total. The number of rotatable bonds is 5. The summed E-state index contributed by atoms with van der Waals surface area (Å²) in [4.78, 5) is 14.5. The molecule has 0 bridgehead atoms. The summed E-state index contributed by atoms with van der Waals surface area (Å²) in [6, 6.07) is 12.3. The van der Waals surface area contributed by atoms with Crippen molar-refractivity contribution in [3.8, 4) is 0 Å². The number of likely N-dealkylation sites (N-methyl/N-ethyl adjacent to an activating group) is 1. The van der Waals surface area contributed by atoms with Gasteiger partial charge in [0.1, 0.15) is 5.82 Å². The van der Waals surface area contributed by atoms with Crippen LogP contribution in [0.15, 0.2) is 48.7 Å². The highest BCUT2D eigenvalue weighted by molar-refractivity contribution is 6.33. The lowest BCUT2D eigenvalue weighted by Crippen LogP contribution is -2.35. The minimum atomic E-state index is -0.624. The molecule has 0 aliphatic heterocycles.